The lowest BCUT2D eigenvalue weighted by Gasteiger charge is -2.35. The van der Waals surface area contributed by atoms with Crippen LogP contribution in [0.2, 0.25) is 0 Å². The minimum Gasteiger partial charge on any atom is -0.339 e. The quantitative estimate of drug-likeness (QED) is 0.581. The van der Waals surface area contributed by atoms with Crippen molar-refractivity contribution < 1.29 is 14.4 Å². The van der Waals surface area contributed by atoms with Crippen molar-refractivity contribution in [2.24, 2.45) is 0 Å². The van der Waals surface area contributed by atoms with Gasteiger partial charge in [-0.2, -0.15) is 0 Å². The molecule has 180 valence electrons. The molecular formula is C28H30N4O3. The number of carbonyl (C=O) groups excluding carboxylic acids is 3. The van der Waals surface area contributed by atoms with E-state index in [0.29, 0.717) is 18.7 Å². The second-order valence-electron chi connectivity index (χ2n) is 9.59. The number of amides is 4. The number of nitrogens with one attached hydrogen (secondary N) is 1. The molecule has 3 aromatic carbocycles. The van der Waals surface area contributed by atoms with E-state index < -0.39 is 17.5 Å². The van der Waals surface area contributed by atoms with Gasteiger partial charge in [-0.15, -0.1) is 0 Å². The summed E-state index contributed by atoms with van der Waals surface area (Å²) >= 11 is 0. The molecule has 0 spiro atoms. The van der Waals surface area contributed by atoms with Gasteiger partial charge in [0.15, 0.2) is 0 Å². The summed E-state index contributed by atoms with van der Waals surface area (Å²) in [5.41, 5.74) is 2.06. The third kappa shape index (κ3) is 4.39. The Morgan fingerprint density at radius 1 is 0.914 bits per heavy atom. The van der Waals surface area contributed by atoms with Crippen molar-refractivity contribution >= 4 is 28.6 Å². The maximum Gasteiger partial charge on any atom is 0.325 e. The first-order valence-electron chi connectivity index (χ1n) is 12.0. The highest BCUT2D eigenvalue weighted by molar-refractivity contribution is 6.09. The number of urea groups is 1. The van der Waals surface area contributed by atoms with E-state index in [2.05, 4.69) is 29.3 Å². The Kier molecular flexibility index (Phi) is 6.03. The predicted octanol–water partition coefficient (Wildman–Crippen LogP) is 3.26. The van der Waals surface area contributed by atoms with Gasteiger partial charge in [-0.05, 0) is 47.4 Å². The molecule has 0 bridgehead atoms. The summed E-state index contributed by atoms with van der Waals surface area (Å²) in [6.07, 6.45) is 0. The molecule has 7 nitrogen and oxygen atoms in total. The van der Waals surface area contributed by atoms with E-state index in [-0.39, 0.29) is 12.5 Å². The van der Waals surface area contributed by atoms with E-state index in [1.54, 1.807) is 11.8 Å². The molecule has 5 rings (SSSR count). The van der Waals surface area contributed by atoms with Gasteiger partial charge >= 0.3 is 6.03 Å². The maximum absolute atomic E-state index is 13.3. The molecule has 7 heteroatoms. The van der Waals surface area contributed by atoms with Crippen LogP contribution in [0.25, 0.3) is 10.8 Å². The van der Waals surface area contributed by atoms with Crippen molar-refractivity contribution in [3.63, 3.8) is 0 Å². The molecule has 2 saturated heterocycles. The average molecular weight is 471 g/mol. The van der Waals surface area contributed by atoms with E-state index in [1.807, 2.05) is 54.6 Å². The topological polar surface area (TPSA) is 73.0 Å². The lowest BCUT2D eigenvalue weighted by molar-refractivity contribution is -0.139. The zero-order valence-electron chi connectivity index (χ0n) is 20.2. The van der Waals surface area contributed by atoms with Crippen LogP contribution in [0, 0.1) is 6.92 Å². The van der Waals surface area contributed by atoms with Crippen molar-refractivity contribution in [3.05, 3.63) is 83.4 Å². The van der Waals surface area contributed by atoms with Gasteiger partial charge in [0.25, 0.3) is 5.91 Å². The van der Waals surface area contributed by atoms with Gasteiger partial charge in [0.2, 0.25) is 5.91 Å². The molecule has 2 aliphatic rings. The third-order valence-electron chi connectivity index (χ3n) is 7.28. The predicted molar refractivity (Wildman–Crippen MR) is 135 cm³/mol. The Morgan fingerprint density at radius 2 is 1.60 bits per heavy atom. The molecule has 0 aliphatic carbocycles. The molecule has 0 radical (unpaired) electrons. The molecule has 2 fully saturated rings. The number of piperazine rings is 1. The Bertz CT molecular complexity index is 1300. The van der Waals surface area contributed by atoms with Gasteiger partial charge in [-0.3, -0.25) is 19.4 Å². The van der Waals surface area contributed by atoms with Crippen LogP contribution in [-0.2, 0) is 21.7 Å². The number of nitrogens with zero attached hydrogens (tertiary/aromatic N) is 3. The Hall–Kier alpha value is -3.71. The molecule has 3 aromatic rings. The molecule has 1 atom stereocenters. The summed E-state index contributed by atoms with van der Waals surface area (Å²) in [6.45, 7) is 7.10. The summed E-state index contributed by atoms with van der Waals surface area (Å²) < 4.78 is 0. The normalized spacial score (nSPS) is 21.0. The number of carbonyl (C=O) groups is 3. The van der Waals surface area contributed by atoms with E-state index in [1.165, 1.54) is 11.1 Å². The third-order valence-corrected chi connectivity index (χ3v) is 7.28. The SMILES string of the molecule is Cc1ccccc1CN1CCN(C(=O)CN2C(=O)NC(C)(c3ccc4ccccc4c3)C2=O)CC1. The van der Waals surface area contributed by atoms with Gasteiger partial charge in [0.05, 0.1) is 0 Å². The lowest BCUT2D eigenvalue weighted by Crippen LogP contribution is -2.51. The zero-order valence-corrected chi connectivity index (χ0v) is 20.2. The second kappa shape index (κ2) is 9.15. The van der Waals surface area contributed by atoms with Crippen molar-refractivity contribution in [1.82, 2.24) is 20.0 Å². The molecule has 0 aromatic heterocycles. The first-order valence-corrected chi connectivity index (χ1v) is 12.0. The monoisotopic (exact) mass is 470 g/mol. The number of hydrogen-bond acceptors (Lipinski definition) is 4. The van der Waals surface area contributed by atoms with Gasteiger partial charge in [-0.1, -0.05) is 60.7 Å². The number of rotatable bonds is 5. The molecule has 2 aliphatic heterocycles. The average Bonchev–Trinajstić information content (AvgIpc) is 3.09. The Balaban J connectivity index is 1.22. The highest BCUT2D eigenvalue weighted by atomic mass is 16.2. The molecular weight excluding hydrogens is 440 g/mol. The zero-order chi connectivity index (χ0) is 24.6. The number of imide groups is 1. The van der Waals surface area contributed by atoms with Gasteiger partial charge in [-0.25, -0.2) is 4.79 Å². The molecule has 2 heterocycles. The summed E-state index contributed by atoms with van der Waals surface area (Å²) in [5.74, 6) is -0.601. The highest BCUT2D eigenvalue weighted by Gasteiger charge is 2.49. The summed E-state index contributed by atoms with van der Waals surface area (Å²) in [4.78, 5) is 44.3. The maximum atomic E-state index is 13.3. The number of fused-ring (bicyclic) bond motifs is 1. The van der Waals surface area contributed by atoms with Crippen LogP contribution < -0.4 is 5.32 Å². The summed E-state index contributed by atoms with van der Waals surface area (Å²) in [5, 5.41) is 4.87. The van der Waals surface area contributed by atoms with Crippen LogP contribution in [0.15, 0.2) is 66.7 Å². The van der Waals surface area contributed by atoms with E-state index in [9.17, 15) is 14.4 Å². The van der Waals surface area contributed by atoms with Crippen LogP contribution >= 0.6 is 0 Å². The van der Waals surface area contributed by atoms with Crippen molar-refractivity contribution in [2.45, 2.75) is 25.9 Å². The minimum absolute atomic E-state index is 0.202. The van der Waals surface area contributed by atoms with Crippen LogP contribution in [0.4, 0.5) is 4.79 Å². The smallest absolute Gasteiger partial charge is 0.325 e. The number of hydrogen-bond donors (Lipinski definition) is 1. The fourth-order valence-corrected chi connectivity index (χ4v) is 4.96. The van der Waals surface area contributed by atoms with Crippen molar-refractivity contribution in [3.8, 4) is 0 Å². The molecule has 1 unspecified atom stereocenters. The van der Waals surface area contributed by atoms with Crippen LogP contribution in [-0.4, -0.2) is 65.3 Å². The Morgan fingerprint density at radius 3 is 2.34 bits per heavy atom. The van der Waals surface area contributed by atoms with Crippen molar-refractivity contribution in [1.29, 1.82) is 0 Å². The van der Waals surface area contributed by atoms with Crippen molar-refractivity contribution in [2.75, 3.05) is 32.7 Å². The lowest BCUT2D eigenvalue weighted by atomic mass is 9.90. The van der Waals surface area contributed by atoms with Crippen LogP contribution in [0.3, 0.4) is 0 Å². The fraction of sp³-hybridized carbons (Fsp3) is 0.321. The largest absolute Gasteiger partial charge is 0.339 e. The first kappa shape index (κ1) is 23.1. The van der Waals surface area contributed by atoms with E-state index >= 15 is 0 Å². The Labute approximate surface area is 205 Å². The van der Waals surface area contributed by atoms with Gasteiger partial charge < -0.3 is 10.2 Å². The molecule has 4 amide bonds. The van der Waals surface area contributed by atoms with Gasteiger partial charge in [0, 0.05) is 32.7 Å². The van der Waals surface area contributed by atoms with Crippen LogP contribution in [0.1, 0.15) is 23.6 Å². The van der Waals surface area contributed by atoms with Crippen LogP contribution in [0.5, 0.6) is 0 Å². The fourth-order valence-electron chi connectivity index (χ4n) is 4.96. The molecule has 1 N–H and O–H groups in total. The first-order chi connectivity index (χ1) is 16.8. The minimum atomic E-state index is -1.20. The summed E-state index contributed by atoms with van der Waals surface area (Å²) in [6, 6.07) is 21.4. The highest BCUT2D eigenvalue weighted by Crippen LogP contribution is 2.31. The second-order valence-corrected chi connectivity index (χ2v) is 9.59. The number of benzene rings is 3. The van der Waals surface area contributed by atoms with E-state index in [4.69, 9.17) is 0 Å². The number of aryl methyl sites for hydroxylation is 1. The molecule has 35 heavy (non-hydrogen) atoms. The van der Waals surface area contributed by atoms with E-state index in [0.717, 1.165) is 35.3 Å². The molecule has 0 saturated carbocycles. The standard InChI is InChI=1S/C28H30N4O3/c1-20-7-3-4-10-23(20)18-30-13-15-31(16-14-30)25(33)19-32-26(34)28(2,29-27(32)35)24-12-11-21-8-5-6-9-22(21)17-24/h3-12,17H,13-16,18-19H2,1-2H3,(H,29,35). The summed E-state index contributed by atoms with van der Waals surface area (Å²) in [7, 11) is 0. The van der Waals surface area contributed by atoms with Gasteiger partial charge in [0.1, 0.15) is 12.1 Å².